The highest BCUT2D eigenvalue weighted by molar-refractivity contribution is 6.07. The number of aromatic nitrogens is 1. The van der Waals surface area contributed by atoms with Crippen molar-refractivity contribution in [2.75, 3.05) is 0 Å². The zero-order valence-corrected chi connectivity index (χ0v) is 13.0. The van der Waals surface area contributed by atoms with Gasteiger partial charge in [0.05, 0.1) is 6.54 Å². The quantitative estimate of drug-likeness (QED) is 0.832. The van der Waals surface area contributed by atoms with Crippen molar-refractivity contribution in [1.82, 2.24) is 15.4 Å². The molecule has 0 spiro atoms. The zero-order valence-electron chi connectivity index (χ0n) is 13.0. The summed E-state index contributed by atoms with van der Waals surface area (Å²) in [5.74, 6) is -0.231. The van der Waals surface area contributed by atoms with Crippen molar-refractivity contribution in [2.45, 2.75) is 38.3 Å². The van der Waals surface area contributed by atoms with Crippen molar-refractivity contribution in [3.8, 4) is 0 Å². The number of nitrogens with one attached hydrogen (secondary N) is 1. The molecule has 0 aliphatic carbocycles. The van der Waals surface area contributed by atoms with E-state index in [-0.39, 0.29) is 12.5 Å². The molecule has 1 aromatic carbocycles. The molecule has 1 N–H and O–H groups in total. The lowest BCUT2D eigenvalue weighted by Crippen LogP contribution is -2.44. The second-order valence-corrected chi connectivity index (χ2v) is 5.69. The first-order valence-electron chi connectivity index (χ1n) is 7.76. The first-order chi connectivity index (χ1) is 11.2. The van der Waals surface area contributed by atoms with Gasteiger partial charge in [0.1, 0.15) is 17.5 Å². The largest absolute Gasteiger partial charge is 0.364 e. The lowest BCUT2D eigenvalue weighted by molar-refractivity contribution is -0.132. The van der Waals surface area contributed by atoms with E-state index in [1.807, 2.05) is 30.3 Å². The maximum Gasteiger partial charge on any atom is 0.325 e. The van der Waals surface area contributed by atoms with Crippen LogP contribution in [-0.4, -0.2) is 22.0 Å². The molecule has 1 fully saturated rings. The Labute approximate surface area is 134 Å². The Bertz CT molecular complexity index is 684. The summed E-state index contributed by atoms with van der Waals surface area (Å²) in [5, 5.41) is 6.69. The average molecular weight is 313 g/mol. The lowest BCUT2D eigenvalue weighted by Gasteiger charge is -2.27. The van der Waals surface area contributed by atoms with Gasteiger partial charge in [-0.15, -0.1) is 0 Å². The maximum absolute atomic E-state index is 13.1. The van der Waals surface area contributed by atoms with E-state index >= 15 is 0 Å². The summed E-state index contributed by atoms with van der Waals surface area (Å²) in [6, 6.07) is 10.7. The Morgan fingerprint density at radius 3 is 2.65 bits per heavy atom. The molecule has 6 heteroatoms. The topological polar surface area (TPSA) is 75.4 Å². The van der Waals surface area contributed by atoms with Gasteiger partial charge in [-0.3, -0.25) is 9.69 Å². The average Bonchev–Trinajstić information content (AvgIpc) is 3.17. The van der Waals surface area contributed by atoms with Crippen LogP contribution in [-0.2, 0) is 16.9 Å². The van der Waals surface area contributed by atoms with Crippen molar-refractivity contribution in [3.63, 3.8) is 0 Å². The first kappa shape index (κ1) is 15.3. The molecule has 6 nitrogen and oxygen atoms in total. The highest BCUT2D eigenvalue weighted by Gasteiger charge is 2.51. The normalized spacial score (nSPS) is 20.8. The van der Waals surface area contributed by atoms with Gasteiger partial charge in [-0.2, -0.15) is 0 Å². The molecular weight excluding hydrogens is 294 g/mol. The van der Waals surface area contributed by atoms with Gasteiger partial charge in [-0.1, -0.05) is 55.3 Å². The van der Waals surface area contributed by atoms with Crippen LogP contribution < -0.4 is 5.32 Å². The van der Waals surface area contributed by atoms with Gasteiger partial charge in [0.15, 0.2) is 0 Å². The van der Waals surface area contributed by atoms with Crippen molar-refractivity contribution >= 4 is 11.9 Å². The first-order valence-corrected chi connectivity index (χ1v) is 7.76. The highest BCUT2D eigenvalue weighted by Crippen LogP contribution is 2.34. The van der Waals surface area contributed by atoms with Gasteiger partial charge in [-0.25, -0.2) is 4.79 Å². The van der Waals surface area contributed by atoms with Crippen molar-refractivity contribution < 1.29 is 14.1 Å². The summed E-state index contributed by atoms with van der Waals surface area (Å²) in [4.78, 5) is 26.7. The van der Waals surface area contributed by atoms with E-state index in [0.29, 0.717) is 12.1 Å². The smallest absolute Gasteiger partial charge is 0.325 e. The van der Waals surface area contributed by atoms with Crippen LogP contribution in [0.4, 0.5) is 4.79 Å². The molecule has 2 heterocycles. The van der Waals surface area contributed by atoms with E-state index in [2.05, 4.69) is 17.4 Å². The third-order valence-electron chi connectivity index (χ3n) is 4.16. The van der Waals surface area contributed by atoms with Gasteiger partial charge in [-0.05, 0) is 12.0 Å². The number of hydrogen-bond acceptors (Lipinski definition) is 4. The number of amides is 3. The number of rotatable bonds is 6. The number of nitrogens with zero attached hydrogens (tertiary/aromatic N) is 2. The Kier molecular flexibility index (Phi) is 4.14. The molecule has 1 unspecified atom stereocenters. The molecule has 23 heavy (non-hydrogen) atoms. The molecule has 1 aliphatic rings. The third-order valence-corrected chi connectivity index (χ3v) is 4.16. The summed E-state index contributed by atoms with van der Waals surface area (Å²) < 4.78 is 4.78. The molecule has 120 valence electrons. The van der Waals surface area contributed by atoms with Crippen LogP contribution in [0.1, 0.15) is 37.4 Å². The van der Waals surface area contributed by atoms with Gasteiger partial charge < -0.3 is 9.84 Å². The number of carbonyl (C=O) groups excluding carboxylic acids is 2. The van der Waals surface area contributed by atoms with E-state index in [1.165, 1.54) is 11.2 Å². The van der Waals surface area contributed by atoms with Gasteiger partial charge in [0, 0.05) is 6.07 Å². The summed E-state index contributed by atoms with van der Waals surface area (Å²) >= 11 is 0. The maximum atomic E-state index is 13.1. The van der Waals surface area contributed by atoms with E-state index in [9.17, 15) is 9.59 Å². The van der Waals surface area contributed by atoms with Crippen LogP contribution in [0.15, 0.2) is 47.2 Å². The van der Waals surface area contributed by atoms with E-state index in [4.69, 9.17) is 4.52 Å². The number of hydrogen-bond donors (Lipinski definition) is 1. The minimum atomic E-state index is -0.988. The molecule has 2 aromatic rings. The number of imide groups is 1. The van der Waals surface area contributed by atoms with Crippen molar-refractivity contribution in [3.05, 3.63) is 53.9 Å². The number of benzene rings is 1. The van der Waals surface area contributed by atoms with E-state index in [1.54, 1.807) is 6.07 Å². The van der Waals surface area contributed by atoms with Crippen LogP contribution >= 0.6 is 0 Å². The molecule has 0 saturated carbocycles. The number of unbranched alkanes of at least 4 members (excludes halogenated alkanes) is 1. The summed E-state index contributed by atoms with van der Waals surface area (Å²) in [6.45, 7) is 2.18. The molecule has 1 saturated heterocycles. The molecule has 1 aliphatic heterocycles. The molecule has 1 atom stereocenters. The van der Waals surface area contributed by atoms with Gasteiger partial charge in [0.25, 0.3) is 5.91 Å². The fourth-order valence-electron chi connectivity index (χ4n) is 2.92. The third kappa shape index (κ3) is 2.72. The number of urea groups is 1. The fourth-order valence-corrected chi connectivity index (χ4v) is 2.92. The number of carbonyl (C=O) groups is 2. The zero-order chi connectivity index (χ0) is 16.3. The fraction of sp³-hybridized carbons (Fsp3) is 0.353. The summed E-state index contributed by atoms with van der Waals surface area (Å²) in [6.07, 6.45) is 3.79. The highest BCUT2D eigenvalue weighted by atomic mass is 16.5. The van der Waals surface area contributed by atoms with Crippen molar-refractivity contribution in [2.24, 2.45) is 0 Å². The second-order valence-electron chi connectivity index (χ2n) is 5.69. The van der Waals surface area contributed by atoms with E-state index in [0.717, 1.165) is 18.4 Å². The summed E-state index contributed by atoms with van der Waals surface area (Å²) in [5.41, 5.74) is 0.375. The molecular formula is C17H19N3O3. The van der Waals surface area contributed by atoms with Crippen LogP contribution in [0.3, 0.4) is 0 Å². The molecule has 3 rings (SSSR count). The van der Waals surface area contributed by atoms with Crippen molar-refractivity contribution in [1.29, 1.82) is 0 Å². The van der Waals surface area contributed by atoms with Crippen LogP contribution in [0.5, 0.6) is 0 Å². The second kappa shape index (κ2) is 6.24. The summed E-state index contributed by atoms with van der Waals surface area (Å²) in [7, 11) is 0. The lowest BCUT2D eigenvalue weighted by atomic mass is 9.85. The minimum Gasteiger partial charge on any atom is -0.364 e. The minimum absolute atomic E-state index is 0.113. The Morgan fingerprint density at radius 2 is 2.00 bits per heavy atom. The Morgan fingerprint density at radius 1 is 1.22 bits per heavy atom. The van der Waals surface area contributed by atoms with Crippen LogP contribution in [0.25, 0.3) is 0 Å². The molecule has 0 radical (unpaired) electrons. The van der Waals surface area contributed by atoms with Gasteiger partial charge >= 0.3 is 6.03 Å². The SMILES string of the molecule is CCCCC1(c2ccccc2)NC(=O)N(Cc2ccon2)C1=O. The Hall–Kier alpha value is -2.63. The predicted octanol–water partition coefficient (Wildman–Crippen LogP) is 2.81. The molecule has 1 aromatic heterocycles. The molecule has 3 amide bonds. The van der Waals surface area contributed by atoms with E-state index < -0.39 is 11.6 Å². The molecule has 0 bridgehead atoms. The standard InChI is InChI=1S/C17H19N3O3/c1-2-3-10-17(13-7-5-4-6-8-13)15(21)20(16(22)18-17)12-14-9-11-23-19-14/h4-9,11H,2-3,10,12H2,1H3,(H,18,22). The van der Waals surface area contributed by atoms with Crippen LogP contribution in [0, 0.1) is 0 Å². The monoisotopic (exact) mass is 313 g/mol. The Balaban J connectivity index is 1.94. The van der Waals surface area contributed by atoms with Gasteiger partial charge in [0.2, 0.25) is 0 Å². The van der Waals surface area contributed by atoms with Crippen LogP contribution in [0.2, 0.25) is 0 Å². The predicted molar refractivity (Wildman–Crippen MR) is 83.2 cm³/mol.